The Morgan fingerprint density at radius 3 is 2.69 bits per heavy atom. The van der Waals surface area contributed by atoms with Crippen molar-refractivity contribution < 1.29 is 0 Å². The van der Waals surface area contributed by atoms with E-state index in [1.54, 1.807) is 0 Å². The summed E-state index contributed by atoms with van der Waals surface area (Å²) in [6.45, 7) is 7.42. The van der Waals surface area contributed by atoms with Crippen LogP contribution in [0.25, 0.3) is 0 Å². The van der Waals surface area contributed by atoms with E-state index >= 15 is 0 Å². The highest BCUT2D eigenvalue weighted by Gasteiger charge is 2.36. The van der Waals surface area contributed by atoms with Gasteiger partial charge in [-0.1, -0.05) is 26.7 Å². The summed E-state index contributed by atoms with van der Waals surface area (Å²) in [6, 6.07) is 0.947. The predicted molar refractivity (Wildman–Crippen MR) is 56.8 cm³/mol. The molecule has 0 aromatic carbocycles. The topological polar surface area (TPSA) is 3.24 Å². The molecule has 0 aromatic heterocycles. The lowest BCUT2D eigenvalue weighted by atomic mass is 9.73. The van der Waals surface area contributed by atoms with E-state index in [4.69, 9.17) is 0 Å². The lowest BCUT2D eigenvalue weighted by molar-refractivity contribution is 0.0297. The minimum Gasteiger partial charge on any atom is -0.300 e. The van der Waals surface area contributed by atoms with Gasteiger partial charge >= 0.3 is 0 Å². The second kappa shape index (κ2) is 4.00. The van der Waals surface area contributed by atoms with Crippen LogP contribution >= 0.6 is 0 Å². The Morgan fingerprint density at radius 1 is 1.15 bits per heavy atom. The molecule has 0 amide bonds. The van der Waals surface area contributed by atoms with Crippen LogP contribution < -0.4 is 0 Å². The summed E-state index contributed by atoms with van der Waals surface area (Å²) in [7, 11) is 0. The maximum absolute atomic E-state index is 2.73. The molecule has 3 unspecified atom stereocenters. The van der Waals surface area contributed by atoms with Crippen molar-refractivity contribution in [3.05, 3.63) is 0 Å². The molecule has 0 bridgehead atoms. The number of likely N-dealkylation sites (tertiary alicyclic amines) is 1. The summed E-state index contributed by atoms with van der Waals surface area (Å²) in [5.74, 6) is 2.02. The van der Waals surface area contributed by atoms with Gasteiger partial charge in [0.15, 0.2) is 0 Å². The van der Waals surface area contributed by atoms with Crippen LogP contribution in [0.2, 0.25) is 0 Å². The number of nitrogens with zero attached hydrogens (tertiary/aromatic N) is 1. The standard InChI is InChI=1S/C12H23N/c1-3-13-9-8-10(2)11-6-4-5-7-12(11)13/h10-12H,3-9H2,1-2H3. The smallest absolute Gasteiger partial charge is 0.0126 e. The van der Waals surface area contributed by atoms with Crippen LogP contribution in [0.1, 0.15) is 46.0 Å². The van der Waals surface area contributed by atoms with E-state index in [-0.39, 0.29) is 0 Å². The third-order valence-corrected chi connectivity index (χ3v) is 4.26. The molecule has 1 saturated carbocycles. The molecule has 0 spiro atoms. The molecule has 76 valence electrons. The van der Waals surface area contributed by atoms with Crippen LogP contribution in [0.15, 0.2) is 0 Å². The molecule has 2 rings (SSSR count). The van der Waals surface area contributed by atoms with Crippen LogP contribution in [-0.2, 0) is 0 Å². The summed E-state index contributed by atoms with van der Waals surface area (Å²) in [4.78, 5) is 2.73. The number of hydrogen-bond donors (Lipinski definition) is 0. The molecule has 0 aromatic rings. The maximum Gasteiger partial charge on any atom is 0.0126 e. The second-order valence-corrected chi connectivity index (χ2v) is 4.91. The molecule has 2 fully saturated rings. The van der Waals surface area contributed by atoms with E-state index in [0.717, 1.165) is 17.9 Å². The van der Waals surface area contributed by atoms with Gasteiger partial charge in [-0.15, -0.1) is 0 Å². The Labute approximate surface area is 82.5 Å². The molecule has 1 heteroatoms. The van der Waals surface area contributed by atoms with Crippen LogP contribution in [0.5, 0.6) is 0 Å². The fourth-order valence-electron chi connectivity index (χ4n) is 3.40. The number of fused-ring (bicyclic) bond motifs is 1. The molecule has 1 aliphatic carbocycles. The second-order valence-electron chi connectivity index (χ2n) is 4.91. The van der Waals surface area contributed by atoms with E-state index in [1.807, 2.05) is 0 Å². The molecule has 13 heavy (non-hydrogen) atoms. The highest BCUT2D eigenvalue weighted by molar-refractivity contribution is 4.89. The van der Waals surface area contributed by atoms with Crippen LogP contribution in [0, 0.1) is 11.8 Å². The predicted octanol–water partition coefficient (Wildman–Crippen LogP) is 2.91. The number of rotatable bonds is 1. The number of piperidine rings is 1. The number of hydrogen-bond acceptors (Lipinski definition) is 1. The Morgan fingerprint density at radius 2 is 1.92 bits per heavy atom. The summed E-state index contributed by atoms with van der Waals surface area (Å²) in [5, 5.41) is 0. The Balaban J connectivity index is 2.05. The van der Waals surface area contributed by atoms with Gasteiger partial charge in [-0.2, -0.15) is 0 Å². The normalized spacial score (nSPS) is 41.5. The lowest BCUT2D eigenvalue weighted by Crippen LogP contribution is -2.49. The van der Waals surface area contributed by atoms with Crippen molar-refractivity contribution >= 4 is 0 Å². The van der Waals surface area contributed by atoms with Crippen molar-refractivity contribution in [1.29, 1.82) is 0 Å². The quantitative estimate of drug-likeness (QED) is 0.601. The Hall–Kier alpha value is -0.0400. The molecule has 1 aliphatic heterocycles. The zero-order chi connectivity index (χ0) is 9.26. The van der Waals surface area contributed by atoms with Crippen molar-refractivity contribution in [3.63, 3.8) is 0 Å². The zero-order valence-electron chi connectivity index (χ0n) is 9.13. The first-order valence-corrected chi connectivity index (χ1v) is 6.07. The van der Waals surface area contributed by atoms with Gasteiger partial charge in [0, 0.05) is 6.04 Å². The van der Waals surface area contributed by atoms with Gasteiger partial charge in [-0.3, -0.25) is 0 Å². The molecular formula is C12H23N. The highest BCUT2D eigenvalue weighted by atomic mass is 15.2. The Kier molecular flexibility index (Phi) is 2.92. The monoisotopic (exact) mass is 181 g/mol. The first-order valence-electron chi connectivity index (χ1n) is 6.07. The first kappa shape index (κ1) is 9.51. The molecular weight excluding hydrogens is 158 g/mol. The van der Waals surface area contributed by atoms with Crippen molar-refractivity contribution in [1.82, 2.24) is 4.90 Å². The van der Waals surface area contributed by atoms with E-state index in [9.17, 15) is 0 Å². The van der Waals surface area contributed by atoms with Crippen LogP contribution in [0.4, 0.5) is 0 Å². The minimum atomic E-state index is 0.947. The van der Waals surface area contributed by atoms with Gasteiger partial charge in [0.2, 0.25) is 0 Å². The van der Waals surface area contributed by atoms with Gasteiger partial charge < -0.3 is 4.90 Å². The SMILES string of the molecule is CCN1CCC(C)C2CCCCC21. The van der Waals surface area contributed by atoms with Crippen molar-refractivity contribution in [2.45, 2.75) is 52.0 Å². The van der Waals surface area contributed by atoms with Gasteiger partial charge in [0.1, 0.15) is 0 Å². The van der Waals surface area contributed by atoms with Gasteiger partial charge in [0.25, 0.3) is 0 Å². The van der Waals surface area contributed by atoms with E-state index in [0.29, 0.717) is 0 Å². The molecule has 3 atom stereocenters. The van der Waals surface area contributed by atoms with E-state index in [2.05, 4.69) is 18.7 Å². The summed E-state index contributed by atoms with van der Waals surface area (Å²) < 4.78 is 0. The third kappa shape index (κ3) is 1.76. The summed E-state index contributed by atoms with van der Waals surface area (Å²) in [5.41, 5.74) is 0. The summed E-state index contributed by atoms with van der Waals surface area (Å²) >= 11 is 0. The Bertz CT molecular complexity index is 167. The average Bonchev–Trinajstić information content (AvgIpc) is 2.19. The fraction of sp³-hybridized carbons (Fsp3) is 1.00. The van der Waals surface area contributed by atoms with Crippen molar-refractivity contribution in [2.24, 2.45) is 11.8 Å². The van der Waals surface area contributed by atoms with Crippen LogP contribution in [0.3, 0.4) is 0 Å². The highest BCUT2D eigenvalue weighted by Crippen LogP contribution is 2.38. The minimum absolute atomic E-state index is 0.947. The molecule has 1 nitrogen and oxygen atoms in total. The molecule has 1 saturated heterocycles. The van der Waals surface area contributed by atoms with E-state index < -0.39 is 0 Å². The zero-order valence-corrected chi connectivity index (χ0v) is 9.13. The lowest BCUT2D eigenvalue weighted by Gasteiger charge is -2.47. The molecule has 0 N–H and O–H groups in total. The van der Waals surface area contributed by atoms with Crippen molar-refractivity contribution in [3.8, 4) is 0 Å². The van der Waals surface area contributed by atoms with Gasteiger partial charge in [0.05, 0.1) is 0 Å². The molecule has 0 radical (unpaired) electrons. The largest absolute Gasteiger partial charge is 0.300 e. The summed E-state index contributed by atoms with van der Waals surface area (Å²) in [6.07, 6.45) is 7.38. The third-order valence-electron chi connectivity index (χ3n) is 4.26. The van der Waals surface area contributed by atoms with Gasteiger partial charge in [-0.05, 0) is 44.2 Å². The van der Waals surface area contributed by atoms with Crippen molar-refractivity contribution in [2.75, 3.05) is 13.1 Å². The van der Waals surface area contributed by atoms with Gasteiger partial charge in [-0.25, -0.2) is 0 Å². The first-order chi connectivity index (χ1) is 6.33. The average molecular weight is 181 g/mol. The fourth-order valence-corrected chi connectivity index (χ4v) is 3.40. The van der Waals surface area contributed by atoms with E-state index in [1.165, 1.54) is 45.2 Å². The molecule has 1 heterocycles. The van der Waals surface area contributed by atoms with Crippen LogP contribution in [-0.4, -0.2) is 24.0 Å². The maximum atomic E-state index is 2.73. The molecule has 2 aliphatic rings.